The zero-order chi connectivity index (χ0) is 14.6. The predicted molar refractivity (Wildman–Crippen MR) is 84.9 cm³/mol. The van der Waals surface area contributed by atoms with Crippen molar-refractivity contribution in [1.29, 1.82) is 0 Å². The van der Waals surface area contributed by atoms with E-state index in [4.69, 9.17) is 5.73 Å². The fraction of sp³-hybridized carbons (Fsp3) is 0.765. The Morgan fingerprint density at radius 2 is 1.76 bits per heavy atom. The molecule has 0 aliphatic heterocycles. The van der Waals surface area contributed by atoms with Gasteiger partial charge in [0.15, 0.2) is 0 Å². The maximum atomic E-state index is 5.75. The van der Waals surface area contributed by atoms with E-state index in [1.807, 2.05) is 13.1 Å². The van der Waals surface area contributed by atoms with Crippen molar-refractivity contribution in [1.82, 2.24) is 9.97 Å². The molecule has 5 rings (SSSR count). The minimum absolute atomic E-state index is 0.362. The Kier molecular flexibility index (Phi) is 2.92. The second kappa shape index (κ2) is 4.59. The third-order valence-corrected chi connectivity index (χ3v) is 6.35. The zero-order valence-electron chi connectivity index (χ0n) is 13.1. The molecule has 0 spiro atoms. The van der Waals surface area contributed by atoms with Crippen molar-refractivity contribution < 1.29 is 0 Å². The largest absolute Gasteiger partial charge is 0.368 e. The number of aryl methyl sites for hydroxylation is 1. The van der Waals surface area contributed by atoms with Gasteiger partial charge < -0.3 is 11.1 Å². The number of hydrogen-bond donors (Lipinski definition) is 2. The molecule has 0 saturated heterocycles. The second-order valence-corrected chi connectivity index (χ2v) is 7.91. The molecule has 0 radical (unpaired) electrons. The van der Waals surface area contributed by atoms with Crippen LogP contribution in [0.1, 0.15) is 51.0 Å². The Hall–Kier alpha value is -1.32. The summed E-state index contributed by atoms with van der Waals surface area (Å²) in [4.78, 5) is 8.46. The van der Waals surface area contributed by atoms with Gasteiger partial charge in [-0.3, -0.25) is 0 Å². The van der Waals surface area contributed by atoms with Gasteiger partial charge in [-0.15, -0.1) is 0 Å². The van der Waals surface area contributed by atoms with E-state index in [0.717, 1.165) is 29.1 Å². The molecular weight excluding hydrogens is 260 g/mol. The summed E-state index contributed by atoms with van der Waals surface area (Å²) in [5, 5.41) is 3.68. The van der Waals surface area contributed by atoms with E-state index in [2.05, 4.69) is 22.2 Å². The molecule has 4 heteroatoms. The van der Waals surface area contributed by atoms with Gasteiger partial charge in [0.2, 0.25) is 5.95 Å². The number of rotatable bonds is 3. The van der Waals surface area contributed by atoms with Crippen LogP contribution in [0.15, 0.2) is 6.20 Å². The highest BCUT2D eigenvalue weighted by Gasteiger charge is 2.53. The molecule has 4 aliphatic carbocycles. The van der Waals surface area contributed by atoms with Crippen LogP contribution in [0.4, 0.5) is 11.8 Å². The fourth-order valence-corrected chi connectivity index (χ4v) is 5.67. The zero-order valence-corrected chi connectivity index (χ0v) is 13.1. The topological polar surface area (TPSA) is 63.8 Å². The van der Waals surface area contributed by atoms with Gasteiger partial charge in [0.25, 0.3) is 0 Å². The van der Waals surface area contributed by atoms with Gasteiger partial charge in [-0.25, -0.2) is 4.98 Å². The number of anilines is 2. The van der Waals surface area contributed by atoms with E-state index in [-0.39, 0.29) is 0 Å². The summed E-state index contributed by atoms with van der Waals surface area (Å²) >= 11 is 0. The van der Waals surface area contributed by atoms with Crippen LogP contribution in [0.3, 0.4) is 0 Å². The molecule has 114 valence electrons. The lowest BCUT2D eigenvalue weighted by Gasteiger charge is -2.59. The Morgan fingerprint density at radius 1 is 1.19 bits per heavy atom. The maximum absolute atomic E-state index is 5.75. The summed E-state index contributed by atoms with van der Waals surface area (Å²) in [5.41, 5.74) is 7.32. The standard InChI is InChI=1S/C17H26N4/c1-10-9-19-16(18)21-15(10)20-11(2)17-6-12-3-13(7-17)5-14(4-12)8-17/h9,11-14H,3-8H2,1-2H3,(H3,18,19,20,21). The summed E-state index contributed by atoms with van der Waals surface area (Å²) in [5.74, 6) is 4.23. The molecule has 3 N–H and O–H groups in total. The Balaban J connectivity index is 1.57. The van der Waals surface area contributed by atoms with E-state index < -0.39 is 0 Å². The molecule has 4 nitrogen and oxygen atoms in total. The number of hydrogen-bond acceptors (Lipinski definition) is 4. The van der Waals surface area contributed by atoms with Crippen LogP contribution in [-0.2, 0) is 0 Å². The highest BCUT2D eigenvalue weighted by molar-refractivity contribution is 5.46. The van der Waals surface area contributed by atoms with Crippen molar-refractivity contribution in [2.75, 3.05) is 11.1 Å². The number of nitrogens with zero attached hydrogens (tertiary/aromatic N) is 2. The first-order valence-electron chi connectivity index (χ1n) is 8.40. The summed E-state index contributed by atoms with van der Waals surface area (Å²) < 4.78 is 0. The summed E-state index contributed by atoms with van der Waals surface area (Å²) in [6, 6.07) is 0.471. The van der Waals surface area contributed by atoms with Crippen LogP contribution in [0, 0.1) is 30.1 Å². The predicted octanol–water partition coefficient (Wildman–Crippen LogP) is 3.38. The quantitative estimate of drug-likeness (QED) is 0.894. The first kappa shape index (κ1) is 13.4. The van der Waals surface area contributed by atoms with Gasteiger partial charge in [-0.05, 0) is 75.5 Å². The molecule has 1 heterocycles. The Labute approximate surface area is 126 Å². The van der Waals surface area contributed by atoms with Gasteiger partial charge in [0.1, 0.15) is 5.82 Å². The van der Waals surface area contributed by atoms with E-state index in [0.29, 0.717) is 17.4 Å². The van der Waals surface area contributed by atoms with Crippen LogP contribution in [0.2, 0.25) is 0 Å². The molecule has 1 atom stereocenters. The van der Waals surface area contributed by atoms with Crippen LogP contribution in [-0.4, -0.2) is 16.0 Å². The third-order valence-electron chi connectivity index (χ3n) is 6.35. The molecule has 0 aromatic carbocycles. The molecule has 1 unspecified atom stereocenters. The maximum Gasteiger partial charge on any atom is 0.221 e. The lowest BCUT2D eigenvalue weighted by atomic mass is 9.48. The van der Waals surface area contributed by atoms with Crippen molar-refractivity contribution in [3.63, 3.8) is 0 Å². The highest BCUT2D eigenvalue weighted by Crippen LogP contribution is 2.61. The van der Waals surface area contributed by atoms with Gasteiger partial charge in [0, 0.05) is 17.8 Å². The van der Waals surface area contributed by atoms with Gasteiger partial charge in [-0.1, -0.05) is 0 Å². The first-order valence-corrected chi connectivity index (χ1v) is 8.40. The lowest BCUT2D eigenvalue weighted by molar-refractivity contribution is -0.0603. The van der Waals surface area contributed by atoms with Crippen molar-refractivity contribution in [2.45, 2.75) is 58.4 Å². The minimum atomic E-state index is 0.362. The Bertz CT molecular complexity index is 518. The minimum Gasteiger partial charge on any atom is -0.368 e. The normalized spacial score (nSPS) is 38.5. The first-order chi connectivity index (χ1) is 10.0. The average molecular weight is 286 g/mol. The van der Waals surface area contributed by atoms with Crippen LogP contribution < -0.4 is 11.1 Å². The fourth-order valence-electron chi connectivity index (χ4n) is 5.67. The molecule has 21 heavy (non-hydrogen) atoms. The van der Waals surface area contributed by atoms with Crippen molar-refractivity contribution in [2.24, 2.45) is 23.2 Å². The van der Waals surface area contributed by atoms with Crippen LogP contribution in [0.5, 0.6) is 0 Å². The number of aromatic nitrogens is 2. The molecular formula is C17H26N4. The molecule has 0 amide bonds. The monoisotopic (exact) mass is 286 g/mol. The summed E-state index contributed by atoms with van der Waals surface area (Å²) in [7, 11) is 0. The van der Waals surface area contributed by atoms with Crippen molar-refractivity contribution in [3.05, 3.63) is 11.8 Å². The van der Waals surface area contributed by atoms with E-state index in [1.165, 1.54) is 38.5 Å². The van der Waals surface area contributed by atoms with Gasteiger partial charge in [0.05, 0.1) is 0 Å². The smallest absolute Gasteiger partial charge is 0.221 e. The molecule has 4 aliphatic rings. The number of nitrogens with one attached hydrogen (secondary N) is 1. The summed E-state index contributed by atoms with van der Waals surface area (Å²) in [6.45, 7) is 4.40. The Morgan fingerprint density at radius 3 is 2.33 bits per heavy atom. The summed E-state index contributed by atoms with van der Waals surface area (Å²) in [6.07, 6.45) is 10.5. The van der Waals surface area contributed by atoms with Crippen molar-refractivity contribution >= 4 is 11.8 Å². The lowest BCUT2D eigenvalue weighted by Crippen LogP contribution is -2.53. The third kappa shape index (κ3) is 2.19. The molecule has 4 bridgehead atoms. The van der Waals surface area contributed by atoms with Gasteiger partial charge >= 0.3 is 0 Å². The average Bonchev–Trinajstić information content (AvgIpc) is 2.41. The highest BCUT2D eigenvalue weighted by atomic mass is 15.1. The van der Waals surface area contributed by atoms with Gasteiger partial charge in [-0.2, -0.15) is 4.98 Å². The molecule has 1 aromatic rings. The number of nitrogens with two attached hydrogens (primary N) is 1. The number of nitrogen functional groups attached to an aromatic ring is 1. The van der Waals surface area contributed by atoms with E-state index in [1.54, 1.807) is 0 Å². The van der Waals surface area contributed by atoms with Crippen LogP contribution >= 0.6 is 0 Å². The molecule has 4 fully saturated rings. The van der Waals surface area contributed by atoms with E-state index in [9.17, 15) is 0 Å². The van der Waals surface area contributed by atoms with E-state index >= 15 is 0 Å². The molecule has 1 aromatic heterocycles. The molecule has 4 saturated carbocycles. The van der Waals surface area contributed by atoms with Crippen molar-refractivity contribution in [3.8, 4) is 0 Å². The SMILES string of the molecule is Cc1cnc(N)nc1NC(C)C12CC3CC(CC(C3)C1)C2. The van der Waals surface area contributed by atoms with Crippen LogP contribution in [0.25, 0.3) is 0 Å². The second-order valence-electron chi connectivity index (χ2n) is 7.91.